The molecule has 0 aromatic heterocycles. The van der Waals surface area contributed by atoms with Crippen molar-refractivity contribution in [1.29, 1.82) is 0 Å². The molecule has 0 aromatic carbocycles. The van der Waals surface area contributed by atoms with Gasteiger partial charge in [0.2, 0.25) is 0 Å². The molecule has 0 rings (SSSR count). The van der Waals surface area contributed by atoms with Crippen molar-refractivity contribution in [1.82, 2.24) is 0 Å². The molecular formula is C5H4O2. The summed E-state index contributed by atoms with van der Waals surface area (Å²) in [5, 5.41) is 7.86. The third kappa shape index (κ3) is 4.77. The zero-order valence-electron chi connectivity index (χ0n) is 3.59. The van der Waals surface area contributed by atoms with E-state index in [2.05, 4.69) is 6.42 Å². The Balaban J connectivity index is 3.53. The molecule has 0 bridgehead atoms. The molecule has 7 heavy (non-hydrogen) atoms. The minimum Gasteiger partial charge on any atom is -0.478 e. The highest BCUT2D eigenvalue weighted by atomic mass is 16.4. The van der Waals surface area contributed by atoms with Gasteiger partial charge < -0.3 is 5.11 Å². The fourth-order valence-corrected chi connectivity index (χ4v) is 0.119. The zero-order chi connectivity index (χ0) is 5.70. The van der Waals surface area contributed by atoms with Crippen LogP contribution < -0.4 is 0 Å². The Morgan fingerprint density at radius 3 is 2.57 bits per heavy atom. The average Bonchev–Trinajstić information content (AvgIpc) is 1.61. The van der Waals surface area contributed by atoms with Crippen molar-refractivity contribution in [3.05, 3.63) is 12.2 Å². The molecule has 0 heterocycles. The number of hydrogen-bond acceptors (Lipinski definition) is 1. The summed E-state index contributed by atoms with van der Waals surface area (Å²) >= 11 is 0. The van der Waals surface area contributed by atoms with Crippen LogP contribution in [0.15, 0.2) is 12.2 Å². The molecule has 0 radical (unpaired) electrons. The van der Waals surface area contributed by atoms with Crippen LogP contribution in [0.25, 0.3) is 0 Å². The number of carboxylic acids is 1. The standard InChI is InChI=1S/C5H4O2/c1-2-3-4-5(6)7/h1,3-4H,(H,6,7). The second-order valence-electron chi connectivity index (χ2n) is 0.838. The minimum absolute atomic E-state index is 0.903. The van der Waals surface area contributed by atoms with Gasteiger partial charge in [-0.15, -0.1) is 6.42 Å². The van der Waals surface area contributed by atoms with Gasteiger partial charge in [0.1, 0.15) is 0 Å². The van der Waals surface area contributed by atoms with Crippen molar-refractivity contribution in [3.8, 4) is 12.3 Å². The summed E-state index contributed by atoms with van der Waals surface area (Å²) in [6.07, 6.45) is 6.71. The summed E-state index contributed by atoms with van der Waals surface area (Å²) in [5.41, 5.74) is 0. The van der Waals surface area contributed by atoms with Gasteiger partial charge in [0, 0.05) is 6.08 Å². The molecule has 0 amide bonds. The Bertz CT molecular complexity index is 128. The molecule has 0 aliphatic rings. The van der Waals surface area contributed by atoms with Crippen LogP contribution in [-0.4, -0.2) is 11.1 Å². The van der Waals surface area contributed by atoms with Crippen LogP contribution in [0.1, 0.15) is 0 Å². The maximum Gasteiger partial charge on any atom is 0.328 e. The highest BCUT2D eigenvalue weighted by Gasteiger charge is 1.78. The van der Waals surface area contributed by atoms with Gasteiger partial charge in [-0.3, -0.25) is 0 Å². The lowest BCUT2D eigenvalue weighted by atomic mass is 10.5. The maximum absolute atomic E-state index is 9.58. The summed E-state index contributed by atoms with van der Waals surface area (Å²) < 4.78 is 0. The lowest BCUT2D eigenvalue weighted by molar-refractivity contribution is -0.131. The largest absolute Gasteiger partial charge is 0.478 e. The number of allylic oxidation sites excluding steroid dienone is 1. The summed E-state index contributed by atoms with van der Waals surface area (Å²) in [7, 11) is 0. The van der Waals surface area contributed by atoms with Crippen molar-refractivity contribution in [2.45, 2.75) is 0 Å². The van der Waals surface area contributed by atoms with E-state index in [1.165, 1.54) is 0 Å². The molecule has 0 unspecified atom stereocenters. The average molecular weight is 96.1 g/mol. The van der Waals surface area contributed by atoms with Gasteiger partial charge >= 0.3 is 5.97 Å². The second kappa shape index (κ2) is 2.98. The fraction of sp³-hybridized carbons (Fsp3) is 0. The first-order valence-corrected chi connectivity index (χ1v) is 1.63. The van der Waals surface area contributed by atoms with E-state index < -0.39 is 5.97 Å². The highest BCUT2D eigenvalue weighted by Crippen LogP contribution is 1.66. The van der Waals surface area contributed by atoms with Gasteiger partial charge in [-0.2, -0.15) is 0 Å². The van der Waals surface area contributed by atoms with Crippen LogP contribution in [0.3, 0.4) is 0 Å². The Morgan fingerprint density at radius 2 is 2.43 bits per heavy atom. The minimum atomic E-state index is -1.02. The summed E-state index contributed by atoms with van der Waals surface area (Å²) in [4.78, 5) is 9.58. The van der Waals surface area contributed by atoms with Crippen LogP contribution in [0.2, 0.25) is 0 Å². The SMILES string of the molecule is C#CC=CC(=O)O. The molecule has 0 aliphatic heterocycles. The molecule has 36 valence electrons. The maximum atomic E-state index is 9.58. The molecule has 0 spiro atoms. The first-order chi connectivity index (χ1) is 3.27. The van der Waals surface area contributed by atoms with E-state index >= 15 is 0 Å². The molecule has 0 saturated carbocycles. The van der Waals surface area contributed by atoms with Crippen LogP contribution in [0.5, 0.6) is 0 Å². The number of terminal acetylenes is 1. The van der Waals surface area contributed by atoms with Crippen LogP contribution in [-0.2, 0) is 4.79 Å². The number of hydrogen-bond donors (Lipinski definition) is 1. The predicted octanol–water partition coefficient (Wildman–Crippen LogP) is 0.260. The number of carboxylic acid groups (broad SMARTS) is 1. The van der Waals surface area contributed by atoms with Crippen molar-refractivity contribution in [3.63, 3.8) is 0 Å². The van der Waals surface area contributed by atoms with Crippen molar-refractivity contribution >= 4 is 5.97 Å². The number of carbonyl (C=O) groups is 1. The number of aliphatic carboxylic acids is 1. The molecule has 0 aromatic rings. The van der Waals surface area contributed by atoms with Crippen molar-refractivity contribution < 1.29 is 9.90 Å². The third-order valence-corrected chi connectivity index (χ3v) is 0.322. The van der Waals surface area contributed by atoms with Crippen LogP contribution in [0.4, 0.5) is 0 Å². The van der Waals surface area contributed by atoms with Gasteiger partial charge in [0.05, 0.1) is 0 Å². The van der Waals surface area contributed by atoms with Crippen molar-refractivity contribution in [2.75, 3.05) is 0 Å². The quantitative estimate of drug-likeness (QED) is 0.375. The smallest absolute Gasteiger partial charge is 0.328 e. The van der Waals surface area contributed by atoms with Gasteiger partial charge in [-0.25, -0.2) is 4.79 Å². The van der Waals surface area contributed by atoms with E-state index in [9.17, 15) is 4.79 Å². The zero-order valence-corrected chi connectivity index (χ0v) is 3.59. The molecule has 0 atom stereocenters. The molecular weight excluding hydrogens is 92.1 g/mol. The Kier molecular flexibility index (Phi) is 2.46. The third-order valence-electron chi connectivity index (χ3n) is 0.322. The van der Waals surface area contributed by atoms with Crippen LogP contribution in [0, 0.1) is 12.3 Å². The Labute approximate surface area is 41.5 Å². The first-order valence-electron chi connectivity index (χ1n) is 1.63. The molecule has 0 fully saturated rings. The normalized spacial score (nSPS) is 8.43. The predicted molar refractivity (Wildman–Crippen MR) is 25.6 cm³/mol. The van der Waals surface area contributed by atoms with Gasteiger partial charge in [-0.1, -0.05) is 5.92 Å². The van der Waals surface area contributed by atoms with E-state index in [1.54, 1.807) is 0 Å². The number of rotatable bonds is 1. The van der Waals surface area contributed by atoms with Gasteiger partial charge in [0.25, 0.3) is 0 Å². The molecule has 0 aliphatic carbocycles. The first kappa shape index (κ1) is 5.77. The summed E-state index contributed by atoms with van der Waals surface area (Å²) in [6, 6.07) is 0. The van der Waals surface area contributed by atoms with Crippen molar-refractivity contribution in [2.24, 2.45) is 0 Å². The Morgan fingerprint density at radius 1 is 1.86 bits per heavy atom. The molecule has 1 N–H and O–H groups in total. The van der Waals surface area contributed by atoms with E-state index in [1.807, 2.05) is 5.92 Å². The van der Waals surface area contributed by atoms with Gasteiger partial charge in [0.15, 0.2) is 0 Å². The highest BCUT2D eigenvalue weighted by molar-refractivity contribution is 5.80. The summed E-state index contributed by atoms with van der Waals surface area (Å²) in [5.74, 6) is 1.02. The topological polar surface area (TPSA) is 37.3 Å². The van der Waals surface area contributed by atoms with E-state index in [0.717, 1.165) is 12.2 Å². The van der Waals surface area contributed by atoms with E-state index in [-0.39, 0.29) is 0 Å². The lowest BCUT2D eigenvalue weighted by Gasteiger charge is -1.68. The fourth-order valence-electron chi connectivity index (χ4n) is 0.119. The lowest BCUT2D eigenvalue weighted by Crippen LogP contribution is -1.83. The summed E-state index contributed by atoms with van der Waals surface area (Å²) in [6.45, 7) is 0. The molecule has 2 nitrogen and oxygen atoms in total. The van der Waals surface area contributed by atoms with E-state index in [4.69, 9.17) is 5.11 Å². The van der Waals surface area contributed by atoms with E-state index in [0.29, 0.717) is 0 Å². The molecule has 0 saturated heterocycles. The molecule has 2 heteroatoms. The van der Waals surface area contributed by atoms with Gasteiger partial charge in [-0.05, 0) is 6.08 Å². The van der Waals surface area contributed by atoms with Crippen LogP contribution >= 0.6 is 0 Å². The Hall–Kier alpha value is -1.23. The second-order valence-corrected chi connectivity index (χ2v) is 0.838. The monoisotopic (exact) mass is 96.0 g/mol.